The predicted molar refractivity (Wildman–Crippen MR) is 87.4 cm³/mol. The molecule has 0 aromatic carbocycles. The summed E-state index contributed by atoms with van der Waals surface area (Å²) in [6.07, 6.45) is 9.93. The molecule has 7 unspecified atom stereocenters. The highest BCUT2D eigenvalue weighted by molar-refractivity contribution is 5.18. The first-order valence-corrected chi connectivity index (χ1v) is 9.48. The minimum Gasteiger partial charge on any atom is -0.393 e. The first-order valence-electron chi connectivity index (χ1n) is 9.48. The molecule has 7 atom stereocenters. The van der Waals surface area contributed by atoms with Gasteiger partial charge in [-0.15, -0.1) is 0 Å². The number of fused-ring (bicyclic) bond motifs is 5. The normalized spacial score (nSPS) is 57.3. The van der Waals surface area contributed by atoms with Gasteiger partial charge < -0.3 is 15.5 Å². The lowest BCUT2D eigenvalue weighted by Crippen LogP contribution is -2.62. The van der Waals surface area contributed by atoms with Crippen molar-refractivity contribution in [3.05, 3.63) is 0 Å². The predicted octanol–water partition coefficient (Wildman–Crippen LogP) is 2.70. The molecule has 1 spiro atoms. The quantitative estimate of drug-likeness (QED) is 0.735. The Balaban J connectivity index is 1.67. The molecule has 2 bridgehead atoms. The molecular formula is C19H33NO2. The van der Waals surface area contributed by atoms with Crippen LogP contribution in [0.5, 0.6) is 0 Å². The van der Waals surface area contributed by atoms with E-state index in [1.54, 1.807) is 0 Å². The van der Waals surface area contributed by atoms with Crippen LogP contribution in [0.25, 0.3) is 0 Å². The monoisotopic (exact) mass is 307 g/mol. The third-order valence-electron chi connectivity index (χ3n) is 8.09. The zero-order chi connectivity index (χ0) is 15.6. The molecule has 0 heterocycles. The third kappa shape index (κ3) is 1.98. The molecule has 0 saturated heterocycles. The SMILES string of the molecule is CNCC1CCCC12CC1C2C(O)CC2(C)CCCC1(O)C2. The van der Waals surface area contributed by atoms with E-state index in [0.717, 1.165) is 38.6 Å². The molecule has 0 aliphatic heterocycles. The van der Waals surface area contributed by atoms with Crippen LogP contribution in [0.4, 0.5) is 0 Å². The van der Waals surface area contributed by atoms with E-state index >= 15 is 0 Å². The summed E-state index contributed by atoms with van der Waals surface area (Å²) in [7, 11) is 2.05. The van der Waals surface area contributed by atoms with Crippen LogP contribution >= 0.6 is 0 Å². The molecule has 3 nitrogen and oxygen atoms in total. The molecule has 4 fully saturated rings. The molecule has 126 valence electrons. The van der Waals surface area contributed by atoms with Gasteiger partial charge in [-0.2, -0.15) is 0 Å². The second kappa shape index (κ2) is 4.94. The lowest BCUT2D eigenvalue weighted by Gasteiger charge is -2.62. The van der Waals surface area contributed by atoms with Crippen LogP contribution in [0, 0.1) is 28.6 Å². The molecule has 0 aromatic rings. The fourth-order valence-electron chi connectivity index (χ4n) is 7.38. The lowest BCUT2D eigenvalue weighted by molar-refractivity contribution is -0.204. The van der Waals surface area contributed by atoms with Gasteiger partial charge in [-0.05, 0) is 87.1 Å². The van der Waals surface area contributed by atoms with Gasteiger partial charge in [0.2, 0.25) is 0 Å². The summed E-state index contributed by atoms with van der Waals surface area (Å²) < 4.78 is 0. The van der Waals surface area contributed by atoms with E-state index in [2.05, 4.69) is 12.2 Å². The van der Waals surface area contributed by atoms with E-state index in [4.69, 9.17) is 0 Å². The number of aliphatic hydroxyl groups is 2. The van der Waals surface area contributed by atoms with Crippen molar-refractivity contribution < 1.29 is 10.2 Å². The van der Waals surface area contributed by atoms with E-state index in [0.29, 0.717) is 23.2 Å². The van der Waals surface area contributed by atoms with Crippen molar-refractivity contribution in [2.24, 2.45) is 28.6 Å². The van der Waals surface area contributed by atoms with Crippen molar-refractivity contribution in [2.45, 2.75) is 76.4 Å². The maximum absolute atomic E-state index is 11.4. The van der Waals surface area contributed by atoms with Gasteiger partial charge in [0.1, 0.15) is 0 Å². The van der Waals surface area contributed by atoms with Crippen molar-refractivity contribution in [3.63, 3.8) is 0 Å². The second-order valence-corrected chi connectivity index (χ2v) is 9.43. The molecule has 4 saturated carbocycles. The summed E-state index contributed by atoms with van der Waals surface area (Å²) >= 11 is 0. The van der Waals surface area contributed by atoms with Gasteiger partial charge in [-0.1, -0.05) is 19.8 Å². The van der Waals surface area contributed by atoms with Gasteiger partial charge in [-0.3, -0.25) is 0 Å². The molecule has 0 radical (unpaired) electrons. The summed E-state index contributed by atoms with van der Waals surface area (Å²) in [5.74, 6) is 1.39. The van der Waals surface area contributed by atoms with Crippen LogP contribution in [0.3, 0.4) is 0 Å². The average Bonchev–Trinajstić information content (AvgIpc) is 2.78. The van der Waals surface area contributed by atoms with Crippen LogP contribution in [-0.4, -0.2) is 35.5 Å². The van der Waals surface area contributed by atoms with Crippen LogP contribution in [-0.2, 0) is 0 Å². The Bertz CT molecular complexity index is 455. The maximum atomic E-state index is 11.4. The van der Waals surface area contributed by atoms with Gasteiger partial charge in [0.25, 0.3) is 0 Å². The van der Waals surface area contributed by atoms with E-state index in [-0.39, 0.29) is 11.5 Å². The molecule has 22 heavy (non-hydrogen) atoms. The molecule has 4 aliphatic carbocycles. The van der Waals surface area contributed by atoms with Crippen molar-refractivity contribution in [1.29, 1.82) is 0 Å². The number of hydrogen-bond acceptors (Lipinski definition) is 3. The van der Waals surface area contributed by atoms with E-state index in [1.165, 1.54) is 25.7 Å². The molecular weight excluding hydrogens is 274 g/mol. The summed E-state index contributed by atoms with van der Waals surface area (Å²) in [5, 5.41) is 25.9. The van der Waals surface area contributed by atoms with Gasteiger partial charge in [0, 0.05) is 0 Å². The zero-order valence-electron chi connectivity index (χ0n) is 14.3. The highest BCUT2D eigenvalue weighted by Gasteiger charge is 2.68. The van der Waals surface area contributed by atoms with E-state index in [1.807, 2.05) is 7.05 Å². The fourth-order valence-corrected chi connectivity index (χ4v) is 7.38. The molecule has 3 N–H and O–H groups in total. The highest BCUT2D eigenvalue weighted by Crippen LogP contribution is 2.70. The Hall–Kier alpha value is -0.120. The Morgan fingerprint density at radius 1 is 1.14 bits per heavy atom. The maximum Gasteiger partial charge on any atom is 0.0685 e. The van der Waals surface area contributed by atoms with Crippen LogP contribution in [0.1, 0.15) is 64.7 Å². The Morgan fingerprint density at radius 2 is 1.95 bits per heavy atom. The molecule has 0 amide bonds. The number of aliphatic hydroxyl groups excluding tert-OH is 1. The largest absolute Gasteiger partial charge is 0.393 e. The molecule has 0 aromatic heterocycles. The summed E-state index contributed by atoms with van der Waals surface area (Å²) in [6, 6.07) is 0. The minimum absolute atomic E-state index is 0.155. The van der Waals surface area contributed by atoms with Gasteiger partial charge in [0.15, 0.2) is 0 Å². The molecule has 4 aliphatic rings. The Morgan fingerprint density at radius 3 is 2.73 bits per heavy atom. The average molecular weight is 307 g/mol. The Kier molecular flexibility index (Phi) is 3.46. The lowest BCUT2D eigenvalue weighted by atomic mass is 9.44. The Labute approximate surface area is 134 Å². The van der Waals surface area contributed by atoms with Crippen molar-refractivity contribution in [2.75, 3.05) is 13.6 Å². The smallest absolute Gasteiger partial charge is 0.0685 e. The zero-order valence-corrected chi connectivity index (χ0v) is 14.3. The standard InChI is InChI=1S/C19H33NO2/c1-17-6-4-8-19(22,12-17)14-9-18(16(14)15(21)10-17)7-3-5-13(18)11-20-2/h13-16,20-22H,3-12H2,1-2H3. The fraction of sp³-hybridized carbons (Fsp3) is 1.00. The second-order valence-electron chi connectivity index (χ2n) is 9.43. The number of nitrogens with one attached hydrogen (secondary N) is 1. The van der Waals surface area contributed by atoms with Crippen molar-refractivity contribution >= 4 is 0 Å². The molecule has 3 heteroatoms. The first-order chi connectivity index (χ1) is 10.4. The third-order valence-corrected chi connectivity index (χ3v) is 8.09. The van der Waals surface area contributed by atoms with Crippen molar-refractivity contribution in [1.82, 2.24) is 5.32 Å². The van der Waals surface area contributed by atoms with Crippen molar-refractivity contribution in [3.8, 4) is 0 Å². The van der Waals surface area contributed by atoms with Gasteiger partial charge in [0.05, 0.1) is 11.7 Å². The minimum atomic E-state index is -0.493. The van der Waals surface area contributed by atoms with E-state index < -0.39 is 5.60 Å². The molecule has 4 rings (SSSR count). The number of hydrogen-bond donors (Lipinski definition) is 3. The van der Waals surface area contributed by atoms with Gasteiger partial charge in [-0.25, -0.2) is 0 Å². The van der Waals surface area contributed by atoms with E-state index in [9.17, 15) is 10.2 Å². The number of rotatable bonds is 2. The highest BCUT2D eigenvalue weighted by atomic mass is 16.3. The summed E-state index contributed by atoms with van der Waals surface area (Å²) in [4.78, 5) is 0. The summed E-state index contributed by atoms with van der Waals surface area (Å²) in [5.41, 5.74) is -0.0219. The van der Waals surface area contributed by atoms with Crippen LogP contribution < -0.4 is 5.32 Å². The van der Waals surface area contributed by atoms with Crippen LogP contribution in [0.15, 0.2) is 0 Å². The van der Waals surface area contributed by atoms with Gasteiger partial charge >= 0.3 is 0 Å². The first kappa shape index (κ1) is 15.4. The summed E-state index contributed by atoms with van der Waals surface area (Å²) in [6.45, 7) is 3.38. The van der Waals surface area contributed by atoms with Crippen LogP contribution in [0.2, 0.25) is 0 Å². The topological polar surface area (TPSA) is 52.5 Å².